The van der Waals surface area contributed by atoms with Gasteiger partial charge in [-0.25, -0.2) is 0 Å². The second-order valence-electron chi connectivity index (χ2n) is 4.15. The number of allylic oxidation sites excluding steroid dienone is 2. The van der Waals surface area contributed by atoms with Crippen LogP contribution >= 0.6 is 24.0 Å². The van der Waals surface area contributed by atoms with Gasteiger partial charge in [-0.2, -0.15) is 0 Å². The van der Waals surface area contributed by atoms with Crippen LogP contribution in [0.2, 0.25) is 0 Å². The Morgan fingerprint density at radius 1 is 1.52 bits per heavy atom. The molecule has 0 unspecified atom stereocenters. The second-order valence-corrected chi connectivity index (χ2v) is 5.82. The van der Waals surface area contributed by atoms with Gasteiger partial charge in [0.1, 0.15) is 15.0 Å². The van der Waals surface area contributed by atoms with Gasteiger partial charge in [0.15, 0.2) is 0 Å². The number of nitro groups is 1. The molecule has 0 aromatic carbocycles. The van der Waals surface area contributed by atoms with E-state index in [-0.39, 0.29) is 11.8 Å². The van der Waals surface area contributed by atoms with E-state index in [2.05, 4.69) is 0 Å². The van der Waals surface area contributed by atoms with Crippen molar-refractivity contribution in [2.75, 3.05) is 6.54 Å². The van der Waals surface area contributed by atoms with Crippen molar-refractivity contribution < 1.29 is 14.1 Å². The van der Waals surface area contributed by atoms with Crippen LogP contribution in [0.5, 0.6) is 0 Å². The third-order valence-electron chi connectivity index (χ3n) is 2.62. The molecule has 0 radical (unpaired) electrons. The average Bonchev–Trinajstić information content (AvgIpc) is 3.00. The Morgan fingerprint density at radius 2 is 2.29 bits per heavy atom. The summed E-state index contributed by atoms with van der Waals surface area (Å²) in [6.07, 6.45) is 5.63. The number of carbonyl (C=O) groups excluding carboxylic acids is 1. The molecule has 1 saturated heterocycles. The van der Waals surface area contributed by atoms with Gasteiger partial charge >= 0.3 is 5.88 Å². The van der Waals surface area contributed by atoms with Crippen LogP contribution in [-0.2, 0) is 4.79 Å². The van der Waals surface area contributed by atoms with E-state index >= 15 is 0 Å². The van der Waals surface area contributed by atoms with Gasteiger partial charge in [0.2, 0.25) is 0 Å². The zero-order valence-electron chi connectivity index (χ0n) is 11.1. The SMILES string of the molecule is CCCN1C(=O)/C(=C\C=C\c2ccc([N+](=O)[O-])o2)SC1=S. The lowest BCUT2D eigenvalue weighted by molar-refractivity contribution is -0.402. The van der Waals surface area contributed by atoms with E-state index in [4.69, 9.17) is 16.6 Å². The molecule has 110 valence electrons. The largest absolute Gasteiger partial charge is 0.433 e. The van der Waals surface area contributed by atoms with Crippen molar-refractivity contribution in [1.82, 2.24) is 4.90 Å². The number of rotatable bonds is 5. The molecule has 0 N–H and O–H groups in total. The van der Waals surface area contributed by atoms with E-state index < -0.39 is 4.92 Å². The summed E-state index contributed by atoms with van der Waals surface area (Å²) in [7, 11) is 0. The van der Waals surface area contributed by atoms with Gasteiger partial charge in [-0.1, -0.05) is 37.0 Å². The van der Waals surface area contributed by atoms with Crippen LogP contribution in [0.3, 0.4) is 0 Å². The maximum absolute atomic E-state index is 12.0. The van der Waals surface area contributed by atoms with Gasteiger partial charge in [0.05, 0.1) is 11.0 Å². The highest BCUT2D eigenvalue weighted by molar-refractivity contribution is 8.26. The van der Waals surface area contributed by atoms with E-state index in [1.165, 1.54) is 23.9 Å². The Balaban J connectivity index is 2.07. The van der Waals surface area contributed by atoms with Crippen LogP contribution in [0.1, 0.15) is 19.1 Å². The van der Waals surface area contributed by atoms with E-state index in [0.29, 0.717) is 21.5 Å². The highest BCUT2D eigenvalue weighted by Gasteiger charge is 2.30. The summed E-state index contributed by atoms with van der Waals surface area (Å²) in [6.45, 7) is 2.59. The van der Waals surface area contributed by atoms with Gasteiger partial charge in [-0.05, 0) is 24.6 Å². The predicted octanol–water partition coefficient (Wildman–Crippen LogP) is 3.36. The number of carbonyl (C=O) groups is 1. The number of thiocarbonyl (C=S) groups is 1. The molecule has 1 aromatic heterocycles. The fourth-order valence-electron chi connectivity index (χ4n) is 1.69. The Bertz CT molecular complexity index is 648. The Hall–Kier alpha value is -1.93. The molecule has 0 bridgehead atoms. The van der Waals surface area contributed by atoms with Crippen LogP contribution in [-0.4, -0.2) is 26.6 Å². The van der Waals surface area contributed by atoms with Gasteiger partial charge in [-0.3, -0.25) is 19.8 Å². The first-order chi connectivity index (χ1) is 10.0. The Kier molecular flexibility index (Phi) is 4.92. The van der Waals surface area contributed by atoms with Crippen molar-refractivity contribution >= 4 is 46.2 Å². The third kappa shape index (κ3) is 3.59. The fraction of sp³-hybridized carbons (Fsp3) is 0.231. The molecule has 0 aliphatic carbocycles. The number of furan rings is 1. The van der Waals surface area contributed by atoms with E-state index in [1.54, 1.807) is 23.1 Å². The standard InChI is InChI=1S/C13H12N2O4S2/c1-2-8-14-12(16)10(21-13(14)20)5-3-4-9-6-7-11(19-9)15(17)18/h3-7H,2,8H2,1H3/b4-3+,10-5+. The van der Waals surface area contributed by atoms with Crippen LogP contribution < -0.4 is 0 Å². The van der Waals surface area contributed by atoms with E-state index in [1.807, 2.05) is 6.92 Å². The molecule has 1 fully saturated rings. The number of thioether (sulfide) groups is 1. The van der Waals surface area contributed by atoms with Crippen molar-refractivity contribution in [3.8, 4) is 0 Å². The molecule has 0 saturated carbocycles. The van der Waals surface area contributed by atoms with Crippen molar-refractivity contribution in [3.05, 3.63) is 45.1 Å². The molecular formula is C13H12N2O4S2. The summed E-state index contributed by atoms with van der Waals surface area (Å²) in [5.41, 5.74) is 0. The smallest absolute Gasteiger partial charge is 0.401 e. The number of amides is 1. The zero-order valence-corrected chi connectivity index (χ0v) is 12.8. The van der Waals surface area contributed by atoms with Crippen molar-refractivity contribution in [1.29, 1.82) is 0 Å². The zero-order chi connectivity index (χ0) is 15.4. The van der Waals surface area contributed by atoms with Crippen LogP contribution in [0.25, 0.3) is 6.08 Å². The highest BCUT2D eigenvalue weighted by atomic mass is 32.2. The summed E-state index contributed by atoms with van der Waals surface area (Å²) >= 11 is 6.39. The topological polar surface area (TPSA) is 76.6 Å². The lowest BCUT2D eigenvalue weighted by atomic mass is 10.3. The van der Waals surface area contributed by atoms with Gasteiger partial charge in [0, 0.05) is 6.54 Å². The molecule has 8 heteroatoms. The molecule has 6 nitrogen and oxygen atoms in total. The summed E-state index contributed by atoms with van der Waals surface area (Å²) in [4.78, 5) is 24.0. The molecule has 2 heterocycles. The monoisotopic (exact) mass is 324 g/mol. The van der Waals surface area contributed by atoms with Crippen molar-refractivity contribution in [2.45, 2.75) is 13.3 Å². The van der Waals surface area contributed by atoms with Gasteiger partial charge in [-0.15, -0.1) is 0 Å². The van der Waals surface area contributed by atoms with Gasteiger partial charge in [0.25, 0.3) is 5.91 Å². The first-order valence-electron chi connectivity index (χ1n) is 6.19. The molecule has 1 aliphatic heterocycles. The first-order valence-corrected chi connectivity index (χ1v) is 7.41. The molecule has 1 aliphatic rings. The van der Waals surface area contributed by atoms with Crippen LogP contribution in [0.4, 0.5) is 5.88 Å². The van der Waals surface area contributed by atoms with Crippen LogP contribution in [0.15, 0.2) is 33.6 Å². The normalized spacial score (nSPS) is 17.4. The van der Waals surface area contributed by atoms with E-state index in [9.17, 15) is 14.9 Å². The maximum atomic E-state index is 12.0. The molecule has 0 atom stereocenters. The minimum Gasteiger partial charge on any atom is -0.401 e. The molecule has 0 spiro atoms. The summed E-state index contributed by atoms with van der Waals surface area (Å²) in [5.74, 6) is -0.0761. The quantitative estimate of drug-likeness (QED) is 0.358. The van der Waals surface area contributed by atoms with Crippen molar-refractivity contribution in [3.63, 3.8) is 0 Å². The van der Waals surface area contributed by atoms with Gasteiger partial charge < -0.3 is 4.42 Å². The second kappa shape index (κ2) is 6.68. The molecule has 1 amide bonds. The first kappa shape index (κ1) is 15.5. The number of hydrogen-bond acceptors (Lipinski definition) is 6. The molecule has 2 rings (SSSR count). The summed E-state index contributed by atoms with van der Waals surface area (Å²) < 4.78 is 5.53. The molecular weight excluding hydrogens is 312 g/mol. The fourth-order valence-corrected chi connectivity index (χ4v) is 2.95. The minimum atomic E-state index is -0.604. The lowest BCUT2D eigenvalue weighted by Gasteiger charge is -2.11. The van der Waals surface area contributed by atoms with E-state index in [0.717, 1.165) is 6.42 Å². The molecule has 21 heavy (non-hydrogen) atoms. The average molecular weight is 324 g/mol. The number of hydrogen-bond donors (Lipinski definition) is 0. The summed E-state index contributed by atoms with van der Waals surface area (Å²) in [6, 6.07) is 2.77. The molecule has 1 aromatic rings. The highest BCUT2D eigenvalue weighted by Crippen LogP contribution is 2.31. The lowest BCUT2D eigenvalue weighted by Crippen LogP contribution is -2.28. The third-order valence-corrected chi connectivity index (χ3v) is 4.02. The maximum Gasteiger partial charge on any atom is 0.433 e. The Labute approximate surface area is 130 Å². The van der Waals surface area contributed by atoms with Crippen molar-refractivity contribution in [2.24, 2.45) is 0 Å². The predicted molar refractivity (Wildman–Crippen MR) is 84.7 cm³/mol. The summed E-state index contributed by atoms with van der Waals surface area (Å²) in [5, 5.41) is 10.5. The Morgan fingerprint density at radius 3 is 2.90 bits per heavy atom. The van der Waals surface area contributed by atoms with Crippen LogP contribution in [0, 0.1) is 10.1 Å². The minimum absolute atomic E-state index is 0.109. The number of nitrogens with zero attached hydrogens (tertiary/aromatic N) is 2.